The van der Waals surface area contributed by atoms with E-state index in [9.17, 15) is 4.79 Å². The molecule has 0 saturated heterocycles. The molecule has 1 amide bonds. The van der Waals surface area contributed by atoms with Crippen molar-refractivity contribution in [1.29, 1.82) is 0 Å². The average Bonchev–Trinajstić information content (AvgIpc) is 2.80. The third-order valence-electron chi connectivity index (χ3n) is 2.66. The van der Waals surface area contributed by atoms with Crippen LogP contribution in [0.3, 0.4) is 0 Å². The Balaban J connectivity index is 1.88. The Bertz CT molecular complexity index is 522. The highest BCUT2D eigenvalue weighted by molar-refractivity contribution is 5.75. The lowest BCUT2D eigenvalue weighted by atomic mass is 10.3. The molecule has 0 spiro atoms. The predicted molar refractivity (Wildman–Crippen MR) is 68.0 cm³/mol. The van der Waals surface area contributed by atoms with Gasteiger partial charge >= 0.3 is 0 Å². The highest BCUT2D eigenvalue weighted by Crippen LogP contribution is 2.02. The number of nitrogens with zero attached hydrogens (tertiary/aromatic N) is 3. The summed E-state index contributed by atoms with van der Waals surface area (Å²) in [7, 11) is 1.88. The van der Waals surface area contributed by atoms with Crippen LogP contribution in [0.15, 0.2) is 24.4 Å². The Morgan fingerprint density at radius 1 is 1.39 bits per heavy atom. The van der Waals surface area contributed by atoms with Gasteiger partial charge in [-0.25, -0.2) is 0 Å². The predicted octanol–water partition coefficient (Wildman–Crippen LogP) is 0.345. The van der Waals surface area contributed by atoms with Gasteiger partial charge in [-0.2, -0.15) is 0 Å². The molecule has 2 rings (SSSR count). The zero-order valence-electron chi connectivity index (χ0n) is 10.4. The first-order valence-electron chi connectivity index (χ1n) is 6.01. The number of rotatable bonds is 6. The molecule has 6 nitrogen and oxygen atoms in total. The Kier molecular flexibility index (Phi) is 4.25. The van der Waals surface area contributed by atoms with Gasteiger partial charge in [-0.3, -0.25) is 9.20 Å². The molecular formula is C12H17N5O. The van der Waals surface area contributed by atoms with Crippen molar-refractivity contribution in [2.75, 3.05) is 13.6 Å². The SMILES string of the molecule is CNCCCC(=O)NCc1nnc2ccccn12. The van der Waals surface area contributed by atoms with Crippen LogP contribution >= 0.6 is 0 Å². The van der Waals surface area contributed by atoms with Crippen LogP contribution in [-0.4, -0.2) is 34.1 Å². The molecule has 0 radical (unpaired) electrons. The van der Waals surface area contributed by atoms with Crippen LogP contribution in [-0.2, 0) is 11.3 Å². The van der Waals surface area contributed by atoms with Crippen LogP contribution in [0.25, 0.3) is 5.65 Å². The number of amides is 1. The second kappa shape index (κ2) is 6.11. The third kappa shape index (κ3) is 3.04. The summed E-state index contributed by atoms with van der Waals surface area (Å²) in [4.78, 5) is 11.6. The van der Waals surface area contributed by atoms with Crippen LogP contribution in [0.4, 0.5) is 0 Å². The molecular weight excluding hydrogens is 230 g/mol. The molecule has 6 heteroatoms. The van der Waals surface area contributed by atoms with E-state index in [1.54, 1.807) is 0 Å². The van der Waals surface area contributed by atoms with E-state index in [1.165, 1.54) is 0 Å². The molecule has 96 valence electrons. The summed E-state index contributed by atoms with van der Waals surface area (Å²) in [6, 6.07) is 5.70. The molecule has 0 fully saturated rings. The van der Waals surface area contributed by atoms with Gasteiger partial charge in [0.1, 0.15) is 0 Å². The zero-order chi connectivity index (χ0) is 12.8. The highest BCUT2D eigenvalue weighted by Gasteiger charge is 2.06. The van der Waals surface area contributed by atoms with E-state index >= 15 is 0 Å². The maximum atomic E-state index is 11.6. The zero-order valence-corrected chi connectivity index (χ0v) is 10.4. The molecule has 0 aliphatic carbocycles. The first-order chi connectivity index (χ1) is 8.81. The van der Waals surface area contributed by atoms with Crippen LogP contribution in [0.5, 0.6) is 0 Å². The number of carbonyl (C=O) groups is 1. The first kappa shape index (κ1) is 12.5. The summed E-state index contributed by atoms with van der Waals surface area (Å²) < 4.78 is 1.87. The maximum absolute atomic E-state index is 11.6. The van der Waals surface area contributed by atoms with Crippen molar-refractivity contribution in [1.82, 2.24) is 25.2 Å². The standard InChI is InChI=1S/C12H17N5O/c1-13-7-4-6-12(18)14-9-11-16-15-10-5-2-3-8-17(10)11/h2-3,5,8,13H,4,6-7,9H2,1H3,(H,14,18). The molecule has 0 aromatic carbocycles. The van der Waals surface area contributed by atoms with Gasteiger partial charge in [-0.1, -0.05) is 6.07 Å². The molecule has 2 N–H and O–H groups in total. The lowest BCUT2D eigenvalue weighted by molar-refractivity contribution is -0.121. The van der Waals surface area contributed by atoms with Gasteiger partial charge in [0.2, 0.25) is 5.91 Å². The van der Waals surface area contributed by atoms with E-state index < -0.39 is 0 Å². The van der Waals surface area contributed by atoms with Crippen LogP contribution in [0, 0.1) is 0 Å². The lowest BCUT2D eigenvalue weighted by Crippen LogP contribution is -2.24. The second-order valence-corrected chi connectivity index (χ2v) is 4.03. The number of fused-ring (bicyclic) bond motifs is 1. The van der Waals surface area contributed by atoms with E-state index in [1.807, 2.05) is 35.8 Å². The van der Waals surface area contributed by atoms with Crippen molar-refractivity contribution in [2.45, 2.75) is 19.4 Å². The fourth-order valence-electron chi connectivity index (χ4n) is 1.70. The summed E-state index contributed by atoms with van der Waals surface area (Å²) in [5.74, 6) is 0.783. The normalized spacial score (nSPS) is 10.7. The molecule has 0 saturated carbocycles. The minimum Gasteiger partial charge on any atom is -0.349 e. The highest BCUT2D eigenvalue weighted by atomic mass is 16.1. The molecule has 0 bridgehead atoms. The van der Waals surface area contributed by atoms with Crippen molar-refractivity contribution < 1.29 is 4.79 Å². The van der Waals surface area contributed by atoms with Crippen molar-refractivity contribution in [3.63, 3.8) is 0 Å². The van der Waals surface area contributed by atoms with Gasteiger partial charge in [0, 0.05) is 12.6 Å². The third-order valence-corrected chi connectivity index (χ3v) is 2.66. The number of hydrogen-bond acceptors (Lipinski definition) is 4. The van der Waals surface area contributed by atoms with E-state index in [-0.39, 0.29) is 5.91 Å². The van der Waals surface area contributed by atoms with Gasteiger partial charge < -0.3 is 10.6 Å². The van der Waals surface area contributed by atoms with Gasteiger partial charge in [0.25, 0.3) is 0 Å². The number of aromatic nitrogens is 3. The summed E-state index contributed by atoms with van der Waals surface area (Å²) >= 11 is 0. The fourth-order valence-corrected chi connectivity index (χ4v) is 1.70. The summed E-state index contributed by atoms with van der Waals surface area (Å²) in [6.07, 6.45) is 3.25. The van der Waals surface area contributed by atoms with E-state index in [0.29, 0.717) is 13.0 Å². The van der Waals surface area contributed by atoms with Crippen molar-refractivity contribution in [2.24, 2.45) is 0 Å². The number of nitrogens with one attached hydrogen (secondary N) is 2. The average molecular weight is 247 g/mol. The second-order valence-electron chi connectivity index (χ2n) is 4.03. The molecule has 0 atom stereocenters. The molecule has 2 heterocycles. The number of hydrogen-bond donors (Lipinski definition) is 2. The quantitative estimate of drug-likeness (QED) is 0.722. The Morgan fingerprint density at radius 2 is 2.28 bits per heavy atom. The smallest absolute Gasteiger partial charge is 0.220 e. The van der Waals surface area contributed by atoms with Gasteiger partial charge in [-0.15, -0.1) is 10.2 Å². The summed E-state index contributed by atoms with van der Waals surface area (Å²) in [5.41, 5.74) is 0.789. The minimum atomic E-state index is 0.0398. The monoisotopic (exact) mass is 247 g/mol. The molecule has 2 aromatic rings. The van der Waals surface area contributed by atoms with Crippen molar-refractivity contribution >= 4 is 11.6 Å². The lowest BCUT2D eigenvalue weighted by Gasteiger charge is -2.03. The summed E-state index contributed by atoms with van der Waals surface area (Å²) in [6.45, 7) is 1.25. The molecule has 18 heavy (non-hydrogen) atoms. The number of pyridine rings is 1. The summed E-state index contributed by atoms with van der Waals surface area (Å²) in [5, 5.41) is 13.9. The van der Waals surface area contributed by atoms with Crippen LogP contribution in [0.1, 0.15) is 18.7 Å². The fraction of sp³-hybridized carbons (Fsp3) is 0.417. The van der Waals surface area contributed by atoms with E-state index in [0.717, 1.165) is 24.4 Å². The first-order valence-corrected chi connectivity index (χ1v) is 6.01. The van der Waals surface area contributed by atoms with Gasteiger partial charge in [-0.05, 0) is 32.1 Å². The van der Waals surface area contributed by atoms with Crippen molar-refractivity contribution in [3.05, 3.63) is 30.2 Å². The largest absolute Gasteiger partial charge is 0.349 e. The maximum Gasteiger partial charge on any atom is 0.220 e. The molecule has 0 unspecified atom stereocenters. The Morgan fingerprint density at radius 3 is 3.11 bits per heavy atom. The van der Waals surface area contributed by atoms with Crippen LogP contribution < -0.4 is 10.6 Å². The Labute approximate surface area is 105 Å². The molecule has 0 aliphatic rings. The van der Waals surface area contributed by atoms with Crippen molar-refractivity contribution in [3.8, 4) is 0 Å². The van der Waals surface area contributed by atoms with E-state index in [2.05, 4.69) is 20.8 Å². The Hall–Kier alpha value is -1.95. The van der Waals surface area contributed by atoms with Gasteiger partial charge in [0.05, 0.1) is 6.54 Å². The van der Waals surface area contributed by atoms with Gasteiger partial charge in [0.15, 0.2) is 11.5 Å². The van der Waals surface area contributed by atoms with Crippen LogP contribution in [0.2, 0.25) is 0 Å². The minimum absolute atomic E-state index is 0.0398. The number of carbonyl (C=O) groups excluding carboxylic acids is 1. The topological polar surface area (TPSA) is 71.3 Å². The molecule has 2 aromatic heterocycles. The molecule has 0 aliphatic heterocycles. The van der Waals surface area contributed by atoms with E-state index in [4.69, 9.17) is 0 Å².